The fraction of sp³-hybridized carbons (Fsp3) is 0.933. The van der Waals surface area contributed by atoms with Crippen molar-refractivity contribution in [2.24, 2.45) is 29.4 Å². The quantitative estimate of drug-likeness (QED) is 0.347. The first kappa shape index (κ1) is 29.2. The van der Waals surface area contributed by atoms with Gasteiger partial charge in [-0.15, -0.1) is 0 Å². The van der Waals surface area contributed by atoms with Gasteiger partial charge in [-0.3, -0.25) is 15.3 Å². The van der Waals surface area contributed by atoms with Crippen molar-refractivity contribution in [1.82, 2.24) is 15.5 Å². The van der Waals surface area contributed by atoms with Crippen LogP contribution in [0.4, 0.5) is 0 Å². The minimum Gasteiger partial charge on any atom is -0.381 e. The molecule has 0 bridgehead atoms. The average molecular weight is 549 g/mol. The predicted molar refractivity (Wildman–Crippen MR) is 149 cm³/mol. The number of quaternary nitrogens is 1. The molecule has 0 spiro atoms. The van der Waals surface area contributed by atoms with E-state index in [4.69, 9.17) is 15.2 Å². The first-order valence-electron chi connectivity index (χ1n) is 16.0. The van der Waals surface area contributed by atoms with Crippen LogP contribution in [0.3, 0.4) is 0 Å². The van der Waals surface area contributed by atoms with E-state index in [2.05, 4.69) is 15.5 Å². The van der Waals surface area contributed by atoms with E-state index in [-0.39, 0.29) is 42.1 Å². The Morgan fingerprint density at radius 1 is 0.974 bits per heavy atom. The number of amides is 2. The van der Waals surface area contributed by atoms with Crippen LogP contribution in [-0.2, 0) is 19.1 Å². The largest absolute Gasteiger partial charge is 0.381 e. The molecule has 0 radical (unpaired) electrons. The summed E-state index contributed by atoms with van der Waals surface area (Å²) in [7, 11) is 3.62. The van der Waals surface area contributed by atoms with E-state index in [0.717, 1.165) is 70.9 Å². The predicted octanol–water partition coefficient (Wildman–Crippen LogP) is 1.37. The highest BCUT2D eigenvalue weighted by molar-refractivity contribution is 5.83. The Labute approximate surface area is 235 Å². The van der Waals surface area contributed by atoms with Crippen molar-refractivity contribution in [3.63, 3.8) is 0 Å². The standard InChI is InChI=1S/C30H53N5O4/c1-38-22-10-6-20(7-11-22)14-16-32-29(36)24-19-25-28(33-26-5-3-4-17-34(26)30(25)37)35(27(24)31)18-15-21-8-12-23(39-2)13-9-21/h20-28,33H,3-19,31H2,1-2H3,(H,32,36)/p+1. The molecule has 0 aromatic carbocycles. The van der Waals surface area contributed by atoms with Crippen molar-refractivity contribution in [3.8, 4) is 0 Å². The number of nitrogens with zero attached hydrogens (tertiary/aromatic N) is 1. The van der Waals surface area contributed by atoms with Crippen LogP contribution in [0.25, 0.3) is 0 Å². The first-order chi connectivity index (χ1) is 19.0. The molecule has 0 aromatic rings. The van der Waals surface area contributed by atoms with Gasteiger partial charge in [0, 0.05) is 27.3 Å². The number of rotatable bonds is 9. The van der Waals surface area contributed by atoms with Crippen molar-refractivity contribution in [2.75, 3.05) is 33.9 Å². The van der Waals surface area contributed by atoms with E-state index >= 15 is 0 Å². The second-order valence-electron chi connectivity index (χ2n) is 13.1. The van der Waals surface area contributed by atoms with Gasteiger partial charge in [-0.1, -0.05) is 0 Å². The van der Waals surface area contributed by atoms with Gasteiger partial charge in [0.1, 0.15) is 11.8 Å². The van der Waals surface area contributed by atoms with Gasteiger partial charge in [0.2, 0.25) is 11.8 Å². The number of nitrogens with one attached hydrogen (secondary N) is 3. The number of carbonyl (C=O) groups excluding carboxylic acids is 2. The van der Waals surface area contributed by atoms with Crippen molar-refractivity contribution in [1.29, 1.82) is 0 Å². The Balaban J connectivity index is 1.21. The highest BCUT2D eigenvalue weighted by Crippen LogP contribution is 2.32. The Morgan fingerprint density at radius 2 is 1.62 bits per heavy atom. The van der Waals surface area contributed by atoms with Gasteiger partial charge < -0.3 is 24.6 Å². The number of piperidine rings is 2. The van der Waals surface area contributed by atoms with Gasteiger partial charge >= 0.3 is 0 Å². The van der Waals surface area contributed by atoms with Crippen LogP contribution in [0.15, 0.2) is 0 Å². The first-order valence-corrected chi connectivity index (χ1v) is 16.0. The molecule has 5 fully saturated rings. The van der Waals surface area contributed by atoms with Gasteiger partial charge in [0.05, 0.1) is 24.9 Å². The Hall–Kier alpha value is -1.26. The summed E-state index contributed by atoms with van der Waals surface area (Å²) < 4.78 is 11.1. The van der Waals surface area contributed by atoms with Gasteiger partial charge in [0.25, 0.3) is 0 Å². The molecule has 2 aliphatic carbocycles. The minimum atomic E-state index is -0.332. The van der Waals surface area contributed by atoms with Crippen LogP contribution in [0.5, 0.6) is 0 Å². The average Bonchev–Trinajstić information content (AvgIpc) is 2.97. The van der Waals surface area contributed by atoms with E-state index in [1.165, 1.54) is 30.6 Å². The summed E-state index contributed by atoms with van der Waals surface area (Å²) in [5.74, 6) is 1.08. The molecule has 5 rings (SSSR count). The van der Waals surface area contributed by atoms with Gasteiger partial charge in [-0.25, -0.2) is 5.32 Å². The van der Waals surface area contributed by atoms with Crippen molar-refractivity contribution in [2.45, 2.75) is 121 Å². The molecule has 39 heavy (non-hydrogen) atoms. The summed E-state index contributed by atoms with van der Waals surface area (Å²) in [6.45, 7) is 2.42. The summed E-state index contributed by atoms with van der Waals surface area (Å²) in [6, 6.07) is 0. The van der Waals surface area contributed by atoms with Gasteiger partial charge in [-0.05, 0) is 102 Å². The van der Waals surface area contributed by atoms with Gasteiger partial charge in [-0.2, -0.15) is 0 Å². The summed E-state index contributed by atoms with van der Waals surface area (Å²) in [4.78, 5) is 30.6. The molecule has 6 atom stereocenters. The van der Waals surface area contributed by atoms with E-state index < -0.39 is 0 Å². The van der Waals surface area contributed by atoms with E-state index in [1.54, 1.807) is 7.11 Å². The molecule has 222 valence electrons. The van der Waals surface area contributed by atoms with Crippen LogP contribution in [0, 0.1) is 23.7 Å². The normalized spacial score (nSPS) is 41.0. The second-order valence-corrected chi connectivity index (χ2v) is 13.1. The zero-order chi connectivity index (χ0) is 27.4. The number of likely N-dealkylation sites (tertiary alicyclic amines) is 1. The lowest BCUT2D eigenvalue weighted by Crippen LogP contribution is -3.26. The highest BCUT2D eigenvalue weighted by Gasteiger charge is 2.55. The molecule has 6 unspecified atom stereocenters. The van der Waals surface area contributed by atoms with Crippen LogP contribution in [0.2, 0.25) is 0 Å². The molecule has 9 nitrogen and oxygen atoms in total. The number of fused-ring (bicyclic) bond motifs is 2. The molecule has 2 amide bonds. The maximum Gasteiger partial charge on any atom is 0.234 e. The zero-order valence-electron chi connectivity index (χ0n) is 24.4. The molecular weight excluding hydrogens is 494 g/mol. The molecule has 0 aromatic heterocycles. The third-order valence-corrected chi connectivity index (χ3v) is 10.9. The lowest BCUT2D eigenvalue weighted by molar-refractivity contribution is -0.965. The van der Waals surface area contributed by atoms with E-state index in [0.29, 0.717) is 37.0 Å². The fourth-order valence-electron chi connectivity index (χ4n) is 8.34. The summed E-state index contributed by atoms with van der Waals surface area (Å²) >= 11 is 0. The van der Waals surface area contributed by atoms with Crippen LogP contribution in [-0.4, -0.2) is 81.3 Å². The lowest BCUT2D eigenvalue weighted by Gasteiger charge is -2.52. The van der Waals surface area contributed by atoms with Crippen molar-refractivity contribution in [3.05, 3.63) is 0 Å². The Bertz CT molecular complexity index is 813. The molecule has 5 N–H and O–H groups in total. The molecule has 2 saturated carbocycles. The number of nitrogens with two attached hydrogens (primary N) is 1. The summed E-state index contributed by atoms with van der Waals surface area (Å²) in [5.41, 5.74) is 6.95. The summed E-state index contributed by atoms with van der Waals surface area (Å²) in [5, 5.41) is 7.09. The lowest BCUT2D eigenvalue weighted by atomic mass is 9.79. The Morgan fingerprint density at radius 3 is 2.26 bits per heavy atom. The Kier molecular flexibility index (Phi) is 10.2. The zero-order valence-corrected chi connectivity index (χ0v) is 24.4. The molecule has 9 heteroatoms. The number of methoxy groups -OCH3 is 2. The van der Waals surface area contributed by atoms with Crippen molar-refractivity contribution < 1.29 is 24.0 Å². The molecule has 5 aliphatic rings. The maximum atomic E-state index is 13.7. The van der Waals surface area contributed by atoms with Crippen LogP contribution in [0.1, 0.15) is 89.9 Å². The van der Waals surface area contributed by atoms with Crippen molar-refractivity contribution >= 4 is 11.8 Å². The third-order valence-electron chi connectivity index (χ3n) is 10.9. The SMILES string of the molecule is COC1CCC(CCNC(=O)C2CC3C(=O)N4CCCCC4NC3[NH+](CCC3CCC(OC)CC3)C2N)CC1. The van der Waals surface area contributed by atoms with E-state index in [1.807, 2.05) is 7.11 Å². The molecular formula is C30H54N5O4+. The second kappa shape index (κ2) is 13.6. The molecule has 3 aliphatic heterocycles. The highest BCUT2D eigenvalue weighted by atomic mass is 16.5. The maximum absolute atomic E-state index is 13.7. The number of carbonyl (C=O) groups is 2. The van der Waals surface area contributed by atoms with E-state index in [9.17, 15) is 9.59 Å². The van der Waals surface area contributed by atoms with Crippen LogP contribution < -0.4 is 21.3 Å². The van der Waals surface area contributed by atoms with Crippen LogP contribution >= 0.6 is 0 Å². The minimum absolute atomic E-state index is 0.00202. The topological polar surface area (TPSA) is 110 Å². The molecule has 3 heterocycles. The third kappa shape index (κ3) is 6.80. The fourth-order valence-corrected chi connectivity index (χ4v) is 8.34. The summed E-state index contributed by atoms with van der Waals surface area (Å²) in [6.07, 6.45) is 15.7. The smallest absolute Gasteiger partial charge is 0.234 e. The van der Waals surface area contributed by atoms with Gasteiger partial charge in [0.15, 0.2) is 12.3 Å². The number of hydrogen-bond acceptors (Lipinski definition) is 6. The molecule has 3 saturated heterocycles. The number of hydrogen-bond donors (Lipinski definition) is 4. The monoisotopic (exact) mass is 548 g/mol. The number of ether oxygens (including phenoxy) is 2.